The summed E-state index contributed by atoms with van der Waals surface area (Å²) in [5.41, 5.74) is 3.74. The van der Waals surface area contributed by atoms with Crippen LogP contribution < -0.4 is 5.63 Å². The lowest BCUT2D eigenvalue weighted by atomic mass is 9.95. The number of hydrogen-bond donors (Lipinski definition) is 1. The van der Waals surface area contributed by atoms with Gasteiger partial charge in [0, 0.05) is 24.5 Å². The molecule has 1 N–H and O–H groups in total. The number of rotatable bonds is 6. The van der Waals surface area contributed by atoms with Crippen LogP contribution in [0.2, 0.25) is 0 Å². The summed E-state index contributed by atoms with van der Waals surface area (Å²) < 4.78 is 5.38. The average molecular weight is 317 g/mol. The molecule has 0 aliphatic rings. The first-order valence-electron chi connectivity index (χ1n) is 8.21. The number of aryl methyl sites for hydroxylation is 1. The van der Waals surface area contributed by atoms with Gasteiger partial charge in [0.15, 0.2) is 0 Å². The Labute approximate surface area is 137 Å². The van der Waals surface area contributed by atoms with Gasteiger partial charge < -0.3 is 14.4 Å². The topological polar surface area (TPSA) is 53.7 Å². The second-order valence-corrected chi connectivity index (χ2v) is 6.83. The van der Waals surface area contributed by atoms with Crippen molar-refractivity contribution in [1.29, 1.82) is 0 Å². The number of aliphatic hydroxyl groups excluding tert-OH is 1. The molecule has 0 aliphatic heterocycles. The molecule has 1 aromatic heterocycles. The highest BCUT2D eigenvalue weighted by molar-refractivity contribution is 5.82. The Morgan fingerprint density at radius 3 is 2.52 bits per heavy atom. The van der Waals surface area contributed by atoms with E-state index < -0.39 is 0 Å². The van der Waals surface area contributed by atoms with Crippen molar-refractivity contribution in [2.75, 3.05) is 13.6 Å². The predicted octanol–water partition coefficient (Wildman–Crippen LogP) is 3.43. The molecule has 0 amide bonds. The molecule has 4 heteroatoms. The van der Waals surface area contributed by atoms with Crippen LogP contribution in [0.4, 0.5) is 0 Å². The van der Waals surface area contributed by atoms with Gasteiger partial charge in [-0.2, -0.15) is 0 Å². The van der Waals surface area contributed by atoms with E-state index in [1.54, 1.807) is 13.0 Å². The standard InChI is InChI=1S/C19H27NO3/c1-12(2)16-10-17-15(11-20(5)7-6-14(4)21)9-19(22)23-18(17)8-13(16)3/h8-10,12,14,21H,6-7,11H2,1-5H3. The smallest absolute Gasteiger partial charge is 0.336 e. The summed E-state index contributed by atoms with van der Waals surface area (Å²) in [5.74, 6) is 0.423. The van der Waals surface area contributed by atoms with Crippen molar-refractivity contribution in [1.82, 2.24) is 4.90 Å². The summed E-state index contributed by atoms with van der Waals surface area (Å²) in [4.78, 5) is 14.0. The van der Waals surface area contributed by atoms with Gasteiger partial charge >= 0.3 is 5.63 Å². The minimum Gasteiger partial charge on any atom is -0.423 e. The highest BCUT2D eigenvalue weighted by Crippen LogP contribution is 2.27. The van der Waals surface area contributed by atoms with Gasteiger partial charge in [0.2, 0.25) is 0 Å². The molecule has 0 saturated carbocycles. The zero-order chi connectivity index (χ0) is 17.1. The summed E-state index contributed by atoms with van der Waals surface area (Å²) in [6, 6.07) is 5.70. The Morgan fingerprint density at radius 1 is 1.22 bits per heavy atom. The Morgan fingerprint density at radius 2 is 1.91 bits per heavy atom. The van der Waals surface area contributed by atoms with Crippen molar-refractivity contribution in [2.24, 2.45) is 0 Å². The maximum Gasteiger partial charge on any atom is 0.336 e. The lowest BCUT2D eigenvalue weighted by Gasteiger charge is -2.19. The van der Waals surface area contributed by atoms with Crippen molar-refractivity contribution >= 4 is 11.0 Å². The Hall–Kier alpha value is -1.65. The minimum atomic E-state index is -0.315. The van der Waals surface area contributed by atoms with Gasteiger partial charge in [-0.05, 0) is 62.1 Å². The minimum absolute atomic E-state index is 0.312. The van der Waals surface area contributed by atoms with Crippen molar-refractivity contribution in [3.63, 3.8) is 0 Å². The van der Waals surface area contributed by atoms with E-state index in [1.165, 1.54) is 5.56 Å². The molecule has 2 rings (SSSR count). The zero-order valence-electron chi connectivity index (χ0n) is 14.7. The van der Waals surface area contributed by atoms with E-state index in [2.05, 4.69) is 31.7 Å². The van der Waals surface area contributed by atoms with Gasteiger partial charge in [0.1, 0.15) is 5.58 Å². The van der Waals surface area contributed by atoms with Gasteiger partial charge in [-0.15, -0.1) is 0 Å². The highest BCUT2D eigenvalue weighted by atomic mass is 16.4. The molecule has 0 radical (unpaired) electrons. The van der Waals surface area contributed by atoms with E-state index >= 15 is 0 Å². The zero-order valence-corrected chi connectivity index (χ0v) is 14.7. The predicted molar refractivity (Wildman–Crippen MR) is 93.9 cm³/mol. The Kier molecular flexibility index (Phi) is 5.60. The number of hydrogen-bond acceptors (Lipinski definition) is 4. The third kappa shape index (κ3) is 4.43. The number of fused-ring (bicyclic) bond motifs is 1. The molecule has 126 valence electrons. The molecule has 0 fully saturated rings. The molecule has 1 aromatic carbocycles. The third-order valence-electron chi connectivity index (χ3n) is 4.21. The van der Waals surface area contributed by atoms with E-state index in [9.17, 15) is 9.90 Å². The molecule has 2 aromatic rings. The van der Waals surface area contributed by atoms with Crippen LogP contribution in [0, 0.1) is 6.92 Å². The van der Waals surface area contributed by atoms with Crippen LogP contribution in [0.5, 0.6) is 0 Å². The van der Waals surface area contributed by atoms with E-state index in [0.717, 1.165) is 23.1 Å². The lowest BCUT2D eigenvalue weighted by molar-refractivity contribution is 0.163. The first-order valence-corrected chi connectivity index (χ1v) is 8.21. The summed E-state index contributed by atoms with van der Waals surface area (Å²) in [6.07, 6.45) is 0.400. The van der Waals surface area contributed by atoms with Crippen LogP contribution >= 0.6 is 0 Å². The van der Waals surface area contributed by atoms with Crippen LogP contribution in [0.1, 0.15) is 49.8 Å². The normalized spacial score (nSPS) is 13.2. The molecule has 0 spiro atoms. The monoisotopic (exact) mass is 317 g/mol. The fourth-order valence-corrected chi connectivity index (χ4v) is 2.92. The Bertz CT molecular complexity index is 731. The average Bonchev–Trinajstić information content (AvgIpc) is 2.43. The van der Waals surface area contributed by atoms with E-state index in [-0.39, 0.29) is 11.7 Å². The van der Waals surface area contributed by atoms with Crippen molar-refractivity contribution in [3.8, 4) is 0 Å². The maximum atomic E-state index is 11.9. The second-order valence-electron chi connectivity index (χ2n) is 6.83. The van der Waals surface area contributed by atoms with E-state index in [1.807, 2.05) is 13.1 Å². The van der Waals surface area contributed by atoms with Crippen LogP contribution in [0.25, 0.3) is 11.0 Å². The summed E-state index contributed by atoms with van der Waals surface area (Å²) in [7, 11) is 2.00. The first-order chi connectivity index (χ1) is 10.8. The molecule has 0 aliphatic carbocycles. The number of nitrogens with zero attached hydrogens (tertiary/aromatic N) is 1. The van der Waals surface area contributed by atoms with Crippen molar-refractivity contribution in [3.05, 3.63) is 45.3 Å². The molecule has 0 saturated heterocycles. The van der Waals surface area contributed by atoms with Gasteiger partial charge in [-0.25, -0.2) is 4.79 Å². The Balaban J connectivity index is 2.41. The van der Waals surface area contributed by atoms with Crippen LogP contribution in [0.15, 0.2) is 27.4 Å². The van der Waals surface area contributed by atoms with Crippen molar-refractivity contribution in [2.45, 2.75) is 52.7 Å². The molecule has 1 unspecified atom stereocenters. The molecular formula is C19H27NO3. The third-order valence-corrected chi connectivity index (χ3v) is 4.21. The highest BCUT2D eigenvalue weighted by Gasteiger charge is 2.13. The number of aliphatic hydroxyl groups is 1. The molecule has 1 heterocycles. The summed E-state index contributed by atoms with van der Waals surface area (Å²) >= 11 is 0. The quantitative estimate of drug-likeness (QED) is 0.829. The molecular weight excluding hydrogens is 290 g/mol. The SMILES string of the molecule is Cc1cc2oc(=O)cc(CN(C)CCC(C)O)c2cc1C(C)C. The van der Waals surface area contributed by atoms with E-state index in [4.69, 9.17) is 4.42 Å². The first kappa shape index (κ1) is 17.7. The fraction of sp³-hybridized carbons (Fsp3) is 0.526. The van der Waals surface area contributed by atoms with Crippen LogP contribution in [-0.4, -0.2) is 29.7 Å². The summed E-state index contributed by atoms with van der Waals surface area (Å²) in [5, 5.41) is 10.4. The molecule has 1 atom stereocenters. The largest absolute Gasteiger partial charge is 0.423 e. The fourth-order valence-electron chi connectivity index (χ4n) is 2.92. The van der Waals surface area contributed by atoms with Gasteiger partial charge in [0.25, 0.3) is 0 Å². The van der Waals surface area contributed by atoms with Gasteiger partial charge in [-0.3, -0.25) is 0 Å². The van der Waals surface area contributed by atoms with Gasteiger partial charge in [-0.1, -0.05) is 13.8 Å². The molecule has 23 heavy (non-hydrogen) atoms. The molecule has 4 nitrogen and oxygen atoms in total. The van der Waals surface area contributed by atoms with Crippen molar-refractivity contribution < 1.29 is 9.52 Å². The maximum absolute atomic E-state index is 11.9. The lowest BCUT2D eigenvalue weighted by Crippen LogP contribution is -2.22. The number of benzene rings is 1. The van der Waals surface area contributed by atoms with Crippen LogP contribution in [0.3, 0.4) is 0 Å². The second kappa shape index (κ2) is 7.28. The van der Waals surface area contributed by atoms with Gasteiger partial charge in [0.05, 0.1) is 6.10 Å². The molecule has 0 bridgehead atoms. The van der Waals surface area contributed by atoms with Crippen LogP contribution in [-0.2, 0) is 6.54 Å². The summed E-state index contributed by atoms with van der Waals surface area (Å²) in [6.45, 7) is 9.62. The van der Waals surface area contributed by atoms with E-state index in [0.29, 0.717) is 24.5 Å².